The molecule has 2 amide bonds. The molecule has 0 bridgehead atoms. The summed E-state index contributed by atoms with van der Waals surface area (Å²) in [5, 5.41) is 12.7. The first-order chi connectivity index (χ1) is 12.9. The number of carbonyl (C=O) groups excluding carboxylic acids is 2. The first kappa shape index (κ1) is 18.8. The number of hydrogen-bond donors (Lipinski definition) is 2. The second kappa shape index (κ2) is 7.70. The van der Waals surface area contributed by atoms with Crippen LogP contribution in [0.4, 0.5) is 5.69 Å². The number of rotatable bonds is 5. The van der Waals surface area contributed by atoms with E-state index in [9.17, 15) is 14.7 Å². The monoisotopic (exact) mass is 368 g/mol. The molecular weight excluding hydrogens is 344 g/mol. The average Bonchev–Trinajstić information content (AvgIpc) is 3.04. The number of aromatic hydroxyl groups is 1. The number of methoxy groups -OCH3 is 1. The van der Waals surface area contributed by atoms with Crippen molar-refractivity contribution in [2.45, 2.75) is 26.8 Å². The minimum atomic E-state index is -0.385. The van der Waals surface area contributed by atoms with Crippen LogP contribution in [0.1, 0.15) is 23.1 Å². The van der Waals surface area contributed by atoms with Gasteiger partial charge in [-0.2, -0.15) is 0 Å². The molecule has 1 heterocycles. The number of anilines is 1. The van der Waals surface area contributed by atoms with E-state index in [4.69, 9.17) is 4.74 Å². The number of hydrogen-bond acceptors (Lipinski definition) is 4. The molecule has 0 aliphatic carbocycles. The third kappa shape index (κ3) is 3.89. The highest BCUT2D eigenvalue weighted by Crippen LogP contribution is 2.30. The van der Waals surface area contributed by atoms with E-state index >= 15 is 0 Å². The standard InChI is InChI=1S/C21H24N2O4/c1-13-5-4-6-17(14(13)2)23-12-16(10-20(23)25)21(26)22-11-15-7-8-19(27-3)18(24)9-15/h4-9,16,24H,10-12H2,1-3H3,(H,22,26). The van der Waals surface area contributed by atoms with Gasteiger partial charge in [-0.15, -0.1) is 0 Å². The van der Waals surface area contributed by atoms with E-state index in [-0.39, 0.29) is 36.4 Å². The number of phenolic OH excluding ortho intramolecular Hbond substituents is 1. The lowest BCUT2D eigenvalue weighted by atomic mass is 10.1. The molecule has 1 fully saturated rings. The number of ether oxygens (including phenoxy) is 1. The summed E-state index contributed by atoms with van der Waals surface area (Å²) < 4.78 is 5.01. The van der Waals surface area contributed by atoms with E-state index in [0.717, 1.165) is 22.4 Å². The second-order valence-corrected chi connectivity index (χ2v) is 6.85. The molecule has 0 aromatic heterocycles. The van der Waals surface area contributed by atoms with Gasteiger partial charge < -0.3 is 20.1 Å². The lowest BCUT2D eigenvalue weighted by Gasteiger charge is -2.20. The topological polar surface area (TPSA) is 78.9 Å². The quantitative estimate of drug-likeness (QED) is 0.850. The Kier molecular flexibility index (Phi) is 5.35. The predicted octanol–water partition coefficient (Wildman–Crippen LogP) is 2.69. The Morgan fingerprint density at radius 1 is 1.30 bits per heavy atom. The van der Waals surface area contributed by atoms with E-state index in [1.165, 1.54) is 7.11 Å². The number of nitrogens with one attached hydrogen (secondary N) is 1. The van der Waals surface area contributed by atoms with Gasteiger partial charge in [-0.3, -0.25) is 9.59 Å². The minimum absolute atomic E-state index is 0.0291. The van der Waals surface area contributed by atoms with E-state index < -0.39 is 0 Å². The van der Waals surface area contributed by atoms with Crippen LogP contribution in [0.15, 0.2) is 36.4 Å². The third-order valence-electron chi connectivity index (χ3n) is 5.07. The van der Waals surface area contributed by atoms with Crippen molar-refractivity contribution in [1.29, 1.82) is 0 Å². The summed E-state index contributed by atoms with van der Waals surface area (Å²) in [4.78, 5) is 26.7. The van der Waals surface area contributed by atoms with Crippen LogP contribution in [0.5, 0.6) is 11.5 Å². The Balaban J connectivity index is 1.64. The first-order valence-electron chi connectivity index (χ1n) is 8.91. The molecule has 0 spiro atoms. The van der Waals surface area contributed by atoms with Crippen molar-refractivity contribution < 1.29 is 19.4 Å². The number of aryl methyl sites for hydroxylation is 1. The Morgan fingerprint density at radius 3 is 2.78 bits per heavy atom. The molecule has 6 nitrogen and oxygen atoms in total. The molecule has 142 valence electrons. The summed E-state index contributed by atoms with van der Waals surface area (Å²) in [6.07, 6.45) is 0.201. The summed E-state index contributed by atoms with van der Waals surface area (Å²) in [5.74, 6) is -0.168. The number of nitrogens with zero attached hydrogens (tertiary/aromatic N) is 1. The fraction of sp³-hybridized carbons (Fsp3) is 0.333. The smallest absolute Gasteiger partial charge is 0.227 e. The zero-order chi connectivity index (χ0) is 19.6. The van der Waals surface area contributed by atoms with Crippen LogP contribution in [-0.4, -0.2) is 30.6 Å². The highest BCUT2D eigenvalue weighted by Gasteiger charge is 2.35. The molecule has 1 saturated heterocycles. The van der Waals surface area contributed by atoms with Crippen LogP contribution in [0.3, 0.4) is 0 Å². The largest absolute Gasteiger partial charge is 0.504 e. The molecule has 1 unspecified atom stereocenters. The normalized spacial score (nSPS) is 16.5. The summed E-state index contributed by atoms with van der Waals surface area (Å²) >= 11 is 0. The van der Waals surface area contributed by atoms with E-state index in [1.807, 2.05) is 32.0 Å². The molecule has 2 aromatic rings. The SMILES string of the molecule is COc1ccc(CNC(=O)C2CC(=O)N(c3cccc(C)c3C)C2)cc1O. The third-order valence-corrected chi connectivity index (χ3v) is 5.07. The van der Waals surface area contributed by atoms with Gasteiger partial charge in [0, 0.05) is 25.2 Å². The Bertz CT molecular complexity index is 878. The van der Waals surface area contributed by atoms with Gasteiger partial charge in [0.1, 0.15) is 0 Å². The maximum atomic E-state index is 12.5. The summed E-state index contributed by atoms with van der Waals surface area (Å²) in [7, 11) is 1.48. The van der Waals surface area contributed by atoms with Gasteiger partial charge in [0.05, 0.1) is 13.0 Å². The maximum absolute atomic E-state index is 12.5. The van der Waals surface area contributed by atoms with Gasteiger partial charge in [-0.25, -0.2) is 0 Å². The summed E-state index contributed by atoms with van der Waals surface area (Å²) in [6.45, 7) is 4.66. The average molecular weight is 368 g/mol. The molecule has 3 rings (SSSR count). The van der Waals surface area contributed by atoms with E-state index in [0.29, 0.717) is 12.3 Å². The van der Waals surface area contributed by atoms with Crippen molar-refractivity contribution in [2.75, 3.05) is 18.6 Å². The zero-order valence-electron chi connectivity index (χ0n) is 15.8. The molecule has 6 heteroatoms. The van der Waals surface area contributed by atoms with Crippen LogP contribution in [0.25, 0.3) is 0 Å². The molecule has 1 aliphatic heterocycles. The molecular formula is C21H24N2O4. The zero-order valence-corrected chi connectivity index (χ0v) is 15.8. The highest BCUT2D eigenvalue weighted by atomic mass is 16.5. The number of benzene rings is 2. The molecule has 1 atom stereocenters. The van der Waals surface area contributed by atoms with Crippen LogP contribution >= 0.6 is 0 Å². The molecule has 2 aromatic carbocycles. The fourth-order valence-corrected chi connectivity index (χ4v) is 3.32. The van der Waals surface area contributed by atoms with Crippen LogP contribution in [0.2, 0.25) is 0 Å². The molecule has 2 N–H and O–H groups in total. The minimum Gasteiger partial charge on any atom is -0.504 e. The number of amides is 2. The summed E-state index contributed by atoms with van der Waals surface area (Å²) in [5.41, 5.74) is 3.81. The van der Waals surface area contributed by atoms with E-state index in [1.54, 1.807) is 23.1 Å². The lowest BCUT2D eigenvalue weighted by Crippen LogP contribution is -2.32. The second-order valence-electron chi connectivity index (χ2n) is 6.85. The van der Waals surface area contributed by atoms with Crippen molar-refractivity contribution in [3.63, 3.8) is 0 Å². The maximum Gasteiger partial charge on any atom is 0.227 e. The van der Waals surface area contributed by atoms with Gasteiger partial charge >= 0.3 is 0 Å². The van der Waals surface area contributed by atoms with E-state index in [2.05, 4.69) is 5.32 Å². The van der Waals surface area contributed by atoms with Crippen molar-refractivity contribution in [2.24, 2.45) is 5.92 Å². The van der Waals surface area contributed by atoms with Crippen LogP contribution in [0, 0.1) is 19.8 Å². The van der Waals surface area contributed by atoms with Crippen molar-refractivity contribution in [1.82, 2.24) is 5.32 Å². The lowest BCUT2D eigenvalue weighted by molar-refractivity contribution is -0.126. The van der Waals surface area contributed by atoms with Crippen LogP contribution in [-0.2, 0) is 16.1 Å². The Morgan fingerprint density at radius 2 is 2.07 bits per heavy atom. The van der Waals surface area contributed by atoms with Crippen molar-refractivity contribution in [3.8, 4) is 11.5 Å². The molecule has 27 heavy (non-hydrogen) atoms. The van der Waals surface area contributed by atoms with Crippen molar-refractivity contribution in [3.05, 3.63) is 53.1 Å². The molecule has 1 aliphatic rings. The Hall–Kier alpha value is -3.02. The van der Waals surface area contributed by atoms with Crippen molar-refractivity contribution >= 4 is 17.5 Å². The van der Waals surface area contributed by atoms with Gasteiger partial charge in [-0.05, 0) is 48.7 Å². The highest BCUT2D eigenvalue weighted by molar-refractivity contribution is 6.00. The fourth-order valence-electron chi connectivity index (χ4n) is 3.32. The van der Waals surface area contributed by atoms with Gasteiger partial charge in [-0.1, -0.05) is 18.2 Å². The van der Waals surface area contributed by atoms with Gasteiger partial charge in [0.2, 0.25) is 11.8 Å². The molecule has 0 radical (unpaired) electrons. The summed E-state index contributed by atoms with van der Waals surface area (Å²) in [6, 6.07) is 10.8. The Labute approximate surface area is 158 Å². The number of phenols is 1. The predicted molar refractivity (Wildman–Crippen MR) is 103 cm³/mol. The first-order valence-corrected chi connectivity index (χ1v) is 8.91. The van der Waals surface area contributed by atoms with Gasteiger partial charge in [0.25, 0.3) is 0 Å². The molecule has 0 saturated carbocycles. The number of carbonyl (C=O) groups is 2. The van der Waals surface area contributed by atoms with Gasteiger partial charge in [0.15, 0.2) is 11.5 Å². The van der Waals surface area contributed by atoms with Crippen LogP contribution < -0.4 is 15.0 Å².